The fraction of sp³-hybridized carbons (Fsp3) is 0.611. The van der Waals surface area contributed by atoms with Crippen LogP contribution in [0.3, 0.4) is 0 Å². The molecule has 0 aliphatic rings. The van der Waals surface area contributed by atoms with Gasteiger partial charge >= 0.3 is 0 Å². The maximum Gasteiger partial charge on any atom is 0.243 e. The molecule has 1 aromatic rings. The third-order valence-corrected chi connectivity index (χ3v) is 6.07. The molecule has 1 N–H and O–H groups in total. The minimum absolute atomic E-state index is 0.139. The lowest BCUT2D eigenvalue weighted by Gasteiger charge is -2.20. The molecule has 0 saturated heterocycles. The molecule has 0 spiro atoms. The topological polar surface area (TPSA) is 75.7 Å². The van der Waals surface area contributed by atoms with E-state index in [1.54, 1.807) is 19.9 Å². The van der Waals surface area contributed by atoms with E-state index in [4.69, 9.17) is 4.74 Å². The zero-order valence-electron chi connectivity index (χ0n) is 15.8. The fourth-order valence-corrected chi connectivity index (χ4v) is 4.07. The van der Waals surface area contributed by atoms with E-state index in [-0.39, 0.29) is 16.7 Å². The van der Waals surface area contributed by atoms with E-state index in [2.05, 4.69) is 5.32 Å². The number of carbonyl (C=O) groups is 1. The quantitative estimate of drug-likeness (QED) is 0.684. The smallest absolute Gasteiger partial charge is 0.243 e. The van der Waals surface area contributed by atoms with Crippen LogP contribution < -0.4 is 10.1 Å². The number of sulfonamides is 1. The van der Waals surface area contributed by atoms with Crippen LogP contribution in [0.25, 0.3) is 0 Å². The third-order valence-electron chi connectivity index (χ3n) is 4.02. The second-order valence-electron chi connectivity index (χ2n) is 5.86. The Labute approximate surface area is 151 Å². The summed E-state index contributed by atoms with van der Waals surface area (Å²) < 4.78 is 32.3. The molecule has 1 rings (SSSR count). The number of nitrogens with one attached hydrogen (secondary N) is 1. The van der Waals surface area contributed by atoms with Gasteiger partial charge in [0.25, 0.3) is 0 Å². The van der Waals surface area contributed by atoms with Crippen molar-refractivity contribution in [2.24, 2.45) is 5.92 Å². The first kappa shape index (κ1) is 21.4. The average molecular weight is 371 g/mol. The van der Waals surface area contributed by atoms with Gasteiger partial charge in [-0.15, -0.1) is 0 Å². The van der Waals surface area contributed by atoms with Crippen LogP contribution >= 0.6 is 0 Å². The lowest BCUT2D eigenvalue weighted by atomic mass is 10.1. The zero-order valence-corrected chi connectivity index (χ0v) is 16.6. The summed E-state index contributed by atoms with van der Waals surface area (Å²) in [5.74, 6) is 0.181. The number of amides is 1. The molecule has 0 radical (unpaired) electrons. The van der Waals surface area contributed by atoms with Gasteiger partial charge in [0, 0.05) is 19.0 Å². The Balaban J connectivity index is 3.23. The number of anilines is 1. The van der Waals surface area contributed by atoms with Gasteiger partial charge in [-0.3, -0.25) is 4.79 Å². The average Bonchev–Trinajstić information content (AvgIpc) is 2.57. The first-order valence-electron chi connectivity index (χ1n) is 8.89. The molecular weight excluding hydrogens is 340 g/mol. The second-order valence-corrected chi connectivity index (χ2v) is 7.80. The van der Waals surface area contributed by atoms with E-state index in [0.717, 1.165) is 12.8 Å². The molecule has 142 valence electrons. The third kappa shape index (κ3) is 5.44. The van der Waals surface area contributed by atoms with Gasteiger partial charge in [-0.25, -0.2) is 8.42 Å². The van der Waals surface area contributed by atoms with E-state index in [0.29, 0.717) is 31.1 Å². The predicted molar refractivity (Wildman–Crippen MR) is 100 cm³/mol. The molecule has 25 heavy (non-hydrogen) atoms. The van der Waals surface area contributed by atoms with Gasteiger partial charge in [0.15, 0.2) is 0 Å². The van der Waals surface area contributed by atoms with Crippen LogP contribution in [-0.4, -0.2) is 38.3 Å². The van der Waals surface area contributed by atoms with Crippen molar-refractivity contribution < 1.29 is 17.9 Å². The Morgan fingerprint density at radius 2 is 1.84 bits per heavy atom. The van der Waals surface area contributed by atoms with Crippen molar-refractivity contribution in [3.8, 4) is 5.75 Å². The molecule has 0 aliphatic carbocycles. The molecule has 7 heteroatoms. The lowest BCUT2D eigenvalue weighted by molar-refractivity contribution is -0.119. The Morgan fingerprint density at radius 1 is 1.20 bits per heavy atom. The maximum absolute atomic E-state index is 12.7. The van der Waals surface area contributed by atoms with E-state index in [9.17, 15) is 13.2 Å². The van der Waals surface area contributed by atoms with Crippen molar-refractivity contribution in [2.75, 3.05) is 25.0 Å². The zero-order chi connectivity index (χ0) is 19.0. The number of benzene rings is 1. The number of hydrogen-bond donors (Lipinski definition) is 1. The number of hydrogen-bond acceptors (Lipinski definition) is 4. The Bertz CT molecular complexity index is 670. The first-order chi connectivity index (χ1) is 11.8. The Hall–Kier alpha value is -1.60. The SMILES string of the molecule is CCCC(C)C(=O)Nc1cc(S(=O)(=O)N(CC)CC)ccc1OCC. The van der Waals surface area contributed by atoms with Crippen molar-refractivity contribution in [3.05, 3.63) is 18.2 Å². The van der Waals surface area contributed by atoms with Crippen molar-refractivity contribution in [2.45, 2.75) is 52.4 Å². The van der Waals surface area contributed by atoms with Gasteiger partial charge in [0.05, 0.1) is 17.2 Å². The summed E-state index contributed by atoms with van der Waals surface area (Å²) in [6.07, 6.45) is 1.68. The molecule has 0 saturated carbocycles. The molecular formula is C18H30N2O4S. The molecule has 1 aromatic carbocycles. The lowest BCUT2D eigenvalue weighted by Crippen LogP contribution is -2.30. The van der Waals surface area contributed by atoms with E-state index in [1.165, 1.54) is 16.4 Å². The van der Waals surface area contributed by atoms with Crippen molar-refractivity contribution in [1.29, 1.82) is 0 Å². The fourth-order valence-electron chi connectivity index (χ4n) is 2.58. The minimum atomic E-state index is -3.60. The minimum Gasteiger partial charge on any atom is -0.492 e. The van der Waals surface area contributed by atoms with Crippen molar-refractivity contribution in [1.82, 2.24) is 4.31 Å². The largest absolute Gasteiger partial charge is 0.492 e. The highest BCUT2D eigenvalue weighted by atomic mass is 32.2. The standard InChI is InChI=1S/C18H30N2O4S/c1-6-10-14(5)18(21)19-16-13-15(11-12-17(16)24-9-4)25(22,23)20(7-2)8-3/h11-14H,6-10H2,1-5H3,(H,19,21). The van der Waals surface area contributed by atoms with E-state index >= 15 is 0 Å². The van der Waals surface area contributed by atoms with Crippen LogP contribution in [-0.2, 0) is 14.8 Å². The number of rotatable bonds is 10. The van der Waals surface area contributed by atoms with Crippen LogP contribution in [0.1, 0.15) is 47.5 Å². The second kappa shape index (κ2) is 9.77. The van der Waals surface area contributed by atoms with Crippen LogP contribution in [0.2, 0.25) is 0 Å². The molecule has 0 bridgehead atoms. The molecule has 0 aromatic heterocycles. The van der Waals surface area contributed by atoms with Gasteiger partial charge in [-0.1, -0.05) is 34.1 Å². The highest BCUT2D eigenvalue weighted by Crippen LogP contribution is 2.30. The van der Waals surface area contributed by atoms with E-state index < -0.39 is 10.0 Å². The summed E-state index contributed by atoms with van der Waals surface area (Å²) >= 11 is 0. The summed E-state index contributed by atoms with van der Waals surface area (Å²) in [6, 6.07) is 4.60. The molecule has 0 fully saturated rings. The van der Waals surface area contributed by atoms with Crippen molar-refractivity contribution >= 4 is 21.6 Å². The Kier molecular flexibility index (Phi) is 8.38. The molecule has 0 aliphatic heterocycles. The van der Waals surface area contributed by atoms with Gasteiger partial charge in [0.2, 0.25) is 15.9 Å². The van der Waals surface area contributed by atoms with Gasteiger partial charge in [0.1, 0.15) is 5.75 Å². The maximum atomic E-state index is 12.7. The highest BCUT2D eigenvalue weighted by molar-refractivity contribution is 7.89. The van der Waals surface area contributed by atoms with Crippen LogP contribution in [0.15, 0.2) is 23.1 Å². The summed E-state index contributed by atoms with van der Waals surface area (Å²) in [4.78, 5) is 12.5. The molecule has 0 heterocycles. The summed E-state index contributed by atoms with van der Waals surface area (Å²) in [6.45, 7) is 10.5. The molecule has 1 atom stereocenters. The molecule has 1 unspecified atom stereocenters. The predicted octanol–water partition coefficient (Wildman–Crippen LogP) is 3.49. The van der Waals surface area contributed by atoms with Crippen LogP contribution in [0.4, 0.5) is 5.69 Å². The van der Waals surface area contributed by atoms with Crippen molar-refractivity contribution in [3.63, 3.8) is 0 Å². The van der Waals surface area contributed by atoms with Gasteiger partial charge in [-0.05, 0) is 31.5 Å². The summed E-state index contributed by atoms with van der Waals surface area (Å²) in [5, 5.41) is 2.82. The molecule has 1 amide bonds. The first-order valence-corrected chi connectivity index (χ1v) is 10.3. The summed E-state index contributed by atoms with van der Waals surface area (Å²) in [7, 11) is -3.60. The number of carbonyl (C=O) groups excluding carboxylic acids is 1. The van der Waals surface area contributed by atoms with Crippen LogP contribution in [0.5, 0.6) is 5.75 Å². The number of nitrogens with zero attached hydrogens (tertiary/aromatic N) is 1. The number of ether oxygens (including phenoxy) is 1. The van der Waals surface area contributed by atoms with Crippen LogP contribution in [0, 0.1) is 5.92 Å². The molecule has 6 nitrogen and oxygen atoms in total. The summed E-state index contributed by atoms with van der Waals surface area (Å²) in [5.41, 5.74) is 0.392. The highest BCUT2D eigenvalue weighted by Gasteiger charge is 2.24. The Morgan fingerprint density at radius 3 is 2.36 bits per heavy atom. The monoisotopic (exact) mass is 370 g/mol. The van der Waals surface area contributed by atoms with E-state index in [1.807, 2.05) is 20.8 Å². The van der Waals surface area contributed by atoms with Gasteiger partial charge in [-0.2, -0.15) is 4.31 Å². The van der Waals surface area contributed by atoms with Gasteiger partial charge < -0.3 is 10.1 Å². The normalized spacial score (nSPS) is 12.9.